The second-order valence-corrected chi connectivity index (χ2v) is 5.50. The van der Waals surface area contributed by atoms with Crippen LogP contribution in [0.25, 0.3) is 0 Å². The molecule has 2 N–H and O–H groups in total. The third kappa shape index (κ3) is 3.56. The molecule has 0 saturated heterocycles. The van der Waals surface area contributed by atoms with Crippen molar-refractivity contribution in [2.45, 2.75) is 32.7 Å². The maximum absolute atomic E-state index is 12.3. The SMILES string of the molecule is Cc1cccc(C(NC(=O)C2=NN(C)C(=O)CC2)C(=O)O)c1C. The Labute approximate surface area is 134 Å². The van der Waals surface area contributed by atoms with Crippen molar-refractivity contribution in [1.29, 1.82) is 0 Å². The highest BCUT2D eigenvalue weighted by Gasteiger charge is 2.28. The van der Waals surface area contributed by atoms with Crippen LogP contribution in [0.2, 0.25) is 0 Å². The molecule has 7 nitrogen and oxygen atoms in total. The van der Waals surface area contributed by atoms with Crippen LogP contribution in [-0.4, -0.2) is 40.7 Å². The van der Waals surface area contributed by atoms with Gasteiger partial charge in [0, 0.05) is 19.9 Å². The Hall–Kier alpha value is -2.70. The Morgan fingerprint density at radius 1 is 1.30 bits per heavy atom. The number of nitrogens with one attached hydrogen (secondary N) is 1. The van der Waals surface area contributed by atoms with E-state index in [1.165, 1.54) is 7.05 Å². The fourth-order valence-electron chi connectivity index (χ4n) is 2.41. The highest BCUT2D eigenvalue weighted by atomic mass is 16.4. The van der Waals surface area contributed by atoms with E-state index in [4.69, 9.17) is 0 Å². The Morgan fingerprint density at radius 2 is 2.00 bits per heavy atom. The lowest BCUT2D eigenvalue weighted by Crippen LogP contribution is -2.41. The topological polar surface area (TPSA) is 99.1 Å². The second-order valence-electron chi connectivity index (χ2n) is 5.50. The maximum Gasteiger partial charge on any atom is 0.330 e. The summed E-state index contributed by atoms with van der Waals surface area (Å²) in [4.78, 5) is 35.3. The zero-order valence-electron chi connectivity index (χ0n) is 13.3. The van der Waals surface area contributed by atoms with E-state index in [1.807, 2.05) is 19.9 Å². The molecule has 1 heterocycles. The van der Waals surface area contributed by atoms with Gasteiger partial charge in [-0.2, -0.15) is 5.10 Å². The fourth-order valence-corrected chi connectivity index (χ4v) is 2.41. The first-order valence-electron chi connectivity index (χ1n) is 7.25. The minimum absolute atomic E-state index is 0.156. The van der Waals surface area contributed by atoms with Crippen LogP contribution in [-0.2, 0) is 14.4 Å². The number of rotatable bonds is 4. The summed E-state index contributed by atoms with van der Waals surface area (Å²) < 4.78 is 0. The van der Waals surface area contributed by atoms with Gasteiger partial charge in [0.1, 0.15) is 5.71 Å². The number of carbonyl (C=O) groups excluding carboxylic acids is 2. The molecule has 1 aromatic carbocycles. The molecule has 0 aliphatic carbocycles. The molecule has 0 aromatic heterocycles. The summed E-state index contributed by atoms with van der Waals surface area (Å²) in [5.41, 5.74) is 2.46. The Morgan fingerprint density at radius 3 is 2.61 bits per heavy atom. The largest absolute Gasteiger partial charge is 0.479 e. The first kappa shape index (κ1) is 16.7. The van der Waals surface area contributed by atoms with Gasteiger partial charge in [-0.15, -0.1) is 0 Å². The number of aliphatic carboxylic acids is 1. The standard InChI is InChI=1S/C16H19N3O4/c1-9-5-4-6-11(10(9)2)14(16(22)23)17-15(21)12-7-8-13(20)19(3)18-12/h4-6,14H,7-8H2,1-3H3,(H,17,21)(H,22,23). The van der Waals surface area contributed by atoms with Crippen LogP contribution in [0.3, 0.4) is 0 Å². The predicted octanol–water partition coefficient (Wildman–Crippen LogP) is 1.15. The third-order valence-electron chi connectivity index (χ3n) is 3.95. The molecule has 0 spiro atoms. The molecule has 7 heteroatoms. The van der Waals surface area contributed by atoms with Crippen molar-refractivity contribution in [3.8, 4) is 0 Å². The first-order valence-corrected chi connectivity index (χ1v) is 7.25. The summed E-state index contributed by atoms with van der Waals surface area (Å²) >= 11 is 0. The van der Waals surface area contributed by atoms with Gasteiger partial charge in [0.25, 0.3) is 5.91 Å². The summed E-state index contributed by atoms with van der Waals surface area (Å²) in [5.74, 6) is -1.89. The van der Waals surface area contributed by atoms with Gasteiger partial charge in [-0.3, -0.25) is 9.59 Å². The molecule has 1 unspecified atom stereocenters. The number of carboxylic acid groups (broad SMARTS) is 1. The molecule has 2 rings (SSSR count). The van der Waals surface area contributed by atoms with Crippen molar-refractivity contribution in [2.75, 3.05) is 7.05 Å². The van der Waals surface area contributed by atoms with E-state index in [0.717, 1.165) is 16.1 Å². The van der Waals surface area contributed by atoms with Crippen molar-refractivity contribution in [3.05, 3.63) is 34.9 Å². The monoisotopic (exact) mass is 317 g/mol. The van der Waals surface area contributed by atoms with Gasteiger partial charge in [0.15, 0.2) is 6.04 Å². The number of benzene rings is 1. The first-order chi connectivity index (χ1) is 10.8. The number of nitrogens with zero attached hydrogens (tertiary/aromatic N) is 2. The van der Waals surface area contributed by atoms with Gasteiger partial charge >= 0.3 is 5.97 Å². The van der Waals surface area contributed by atoms with E-state index < -0.39 is 17.9 Å². The molecule has 1 aliphatic heterocycles. The molecular weight excluding hydrogens is 298 g/mol. The van der Waals surface area contributed by atoms with E-state index in [0.29, 0.717) is 5.56 Å². The second kappa shape index (κ2) is 6.60. The van der Waals surface area contributed by atoms with E-state index in [9.17, 15) is 19.5 Å². The molecule has 0 radical (unpaired) electrons. The summed E-state index contributed by atoms with van der Waals surface area (Å²) in [6.07, 6.45) is 0.387. The van der Waals surface area contributed by atoms with Crippen LogP contribution in [0.15, 0.2) is 23.3 Å². The molecule has 1 aliphatic rings. The van der Waals surface area contributed by atoms with Crippen molar-refractivity contribution in [1.82, 2.24) is 10.3 Å². The van der Waals surface area contributed by atoms with Gasteiger partial charge < -0.3 is 10.4 Å². The van der Waals surface area contributed by atoms with Gasteiger partial charge in [-0.1, -0.05) is 18.2 Å². The molecule has 2 amide bonds. The lowest BCUT2D eigenvalue weighted by molar-refractivity contribution is -0.141. The zero-order chi connectivity index (χ0) is 17.1. The van der Waals surface area contributed by atoms with Crippen molar-refractivity contribution >= 4 is 23.5 Å². The fraction of sp³-hybridized carbons (Fsp3) is 0.375. The minimum Gasteiger partial charge on any atom is -0.479 e. The smallest absolute Gasteiger partial charge is 0.330 e. The molecule has 1 atom stereocenters. The van der Waals surface area contributed by atoms with E-state index in [2.05, 4.69) is 10.4 Å². The van der Waals surface area contributed by atoms with Crippen LogP contribution in [0.4, 0.5) is 0 Å². The highest BCUT2D eigenvalue weighted by Crippen LogP contribution is 2.21. The molecule has 23 heavy (non-hydrogen) atoms. The van der Waals surface area contributed by atoms with E-state index in [1.54, 1.807) is 12.1 Å². The van der Waals surface area contributed by atoms with Crippen LogP contribution in [0.5, 0.6) is 0 Å². The van der Waals surface area contributed by atoms with Crippen LogP contribution >= 0.6 is 0 Å². The van der Waals surface area contributed by atoms with Gasteiger partial charge in [0.05, 0.1) is 0 Å². The van der Waals surface area contributed by atoms with Gasteiger partial charge in [0.2, 0.25) is 5.91 Å². The molecule has 1 aromatic rings. The van der Waals surface area contributed by atoms with Gasteiger partial charge in [-0.25, -0.2) is 9.80 Å². The van der Waals surface area contributed by atoms with Crippen molar-refractivity contribution in [2.24, 2.45) is 5.10 Å². The highest BCUT2D eigenvalue weighted by molar-refractivity contribution is 6.39. The average Bonchev–Trinajstić information content (AvgIpc) is 2.50. The number of carbonyl (C=O) groups is 3. The van der Waals surface area contributed by atoms with Crippen LogP contribution in [0.1, 0.15) is 35.6 Å². The van der Waals surface area contributed by atoms with Gasteiger partial charge in [-0.05, 0) is 30.5 Å². The normalized spacial score (nSPS) is 15.9. The number of hydrogen-bond donors (Lipinski definition) is 2. The quantitative estimate of drug-likeness (QED) is 0.870. The zero-order valence-corrected chi connectivity index (χ0v) is 13.3. The lowest BCUT2D eigenvalue weighted by Gasteiger charge is -2.22. The predicted molar refractivity (Wildman–Crippen MR) is 83.9 cm³/mol. The number of hydrogen-bond acceptors (Lipinski definition) is 4. The summed E-state index contributed by atoms with van der Waals surface area (Å²) in [5, 5.41) is 17.0. The van der Waals surface area contributed by atoms with E-state index >= 15 is 0 Å². The van der Waals surface area contributed by atoms with E-state index in [-0.39, 0.29) is 24.5 Å². The lowest BCUT2D eigenvalue weighted by atomic mass is 9.97. The molecule has 122 valence electrons. The minimum atomic E-state index is -1.16. The van der Waals surface area contributed by atoms with Crippen LogP contribution in [0, 0.1) is 13.8 Å². The average molecular weight is 317 g/mol. The molecule has 0 saturated carbocycles. The maximum atomic E-state index is 12.3. The third-order valence-corrected chi connectivity index (χ3v) is 3.95. The number of aryl methyl sites for hydroxylation is 1. The molecular formula is C16H19N3O4. The van der Waals surface area contributed by atoms with Crippen LogP contribution < -0.4 is 5.32 Å². The Bertz CT molecular complexity index is 697. The van der Waals surface area contributed by atoms with Crippen molar-refractivity contribution < 1.29 is 19.5 Å². The number of hydrazone groups is 1. The molecule has 0 fully saturated rings. The summed E-state index contributed by atoms with van der Waals surface area (Å²) in [6.45, 7) is 3.70. The Kier molecular flexibility index (Phi) is 4.78. The summed E-state index contributed by atoms with van der Waals surface area (Å²) in [6, 6.07) is 4.16. The summed E-state index contributed by atoms with van der Waals surface area (Å²) in [7, 11) is 1.47. The number of amides is 2. The van der Waals surface area contributed by atoms with Crippen molar-refractivity contribution in [3.63, 3.8) is 0 Å². The number of carboxylic acids is 1. The Balaban J connectivity index is 2.25. The molecule has 0 bridgehead atoms.